The van der Waals surface area contributed by atoms with Crippen LogP contribution < -0.4 is 0 Å². The summed E-state index contributed by atoms with van der Waals surface area (Å²) < 4.78 is 14.9. The van der Waals surface area contributed by atoms with Gasteiger partial charge in [0.15, 0.2) is 0 Å². The molecule has 0 fully saturated rings. The van der Waals surface area contributed by atoms with Crippen molar-refractivity contribution in [2.24, 2.45) is 5.92 Å². The van der Waals surface area contributed by atoms with Crippen LogP contribution in [0.1, 0.15) is 30.8 Å². The van der Waals surface area contributed by atoms with Gasteiger partial charge in [-0.15, -0.1) is 5.10 Å². The maximum Gasteiger partial charge on any atom is 0.123 e. The number of halogens is 1. The van der Waals surface area contributed by atoms with Gasteiger partial charge in [-0.1, -0.05) is 31.2 Å². The van der Waals surface area contributed by atoms with E-state index in [0.717, 1.165) is 17.7 Å². The lowest BCUT2D eigenvalue weighted by Gasteiger charge is -2.09. The lowest BCUT2D eigenvalue weighted by molar-refractivity contribution is 0.275. The van der Waals surface area contributed by atoms with Crippen LogP contribution in [0, 0.1) is 11.7 Å². The molecule has 0 bridgehead atoms. The minimum Gasteiger partial charge on any atom is -0.390 e. The van der Waals surface area contributed by atoms with Crippen molar-refractivity contribution in [2.75, 3.05) is 0 Å². The second-order valence-electron chi connectivity index (χ2n) is 5.03. The van der Waals surface area contributed by atoms with Crippen LogP contribution in [0.4, 0.5) is 4.39 Å². The summed E-state index contributed by atoms with van der Waals surface area (Å²) in [6.45, 7) is 4.54. The average Bonchev–Trinajstić information content (AvgIpc) is 2.71. The molecule has 102 valence electrons. The van der Waals surface area contributed by atoms with E-state index in [0.29, 0.717) is 18.2 Å². The Balaban J connectivity index is 2.27. The van der Waals surface area contributed by atoms with Crippen LogP contribution in [0.25, 0.3) is 0 Å². The first-order valence-electron chi connectivity index (χ1n) is 6.36. The van der Waals surface area contributed by atoms with E-state index >= 15 is 0 Å². The lowest BCUT2D eigenvalue weighted by atomic mass is 10.1. The zero-order valence-corrected chi connectivity index (χ0v) is 11.2. The Morgan fingerprint density at radius 1 is 1.37 bits per heavy atom. The number of rotatable bonds is 5. The molecule has 0 radical (unpaired) electrons. The van der Waals surface area contributed by atoms with Crippen molar-refractivity contribution in [1.29, 1.82) is 0 Å². The van der Waals surface area contributed by atoms with E-state index < -0.39 is 0 Å². The van der Waals surface area contributed by atoms with E-state index in [1.165, 1.54) is 12.1 Å². The van der Waals surface area contributed by atoms with Gasteiger partial charge >= 0.3 is 0 Å². The van der Waals surface area contributed by atoms with Crippen molar-refractivity contribution in [3.8, 4) is 0 Å². The van der Waals surface area contributed by atoms with E-state index in [-0.39, 0.29) is 12.4 Å². The molecule has 0 atom stereocenters. The van der Waals surface area contributed by atoms with Crippen molar-refractivity contribution in [2.45, 2.75) is 33.4 Å². The first-order valence-corrected chi connectivity index (χ1v) is 6.36. The normalized spacial score (nSPS) is 11.2. The van der Waals surface area contributed by atoms with Crippen LogP contribution in [0.3, 0.4) is 0 Å². The van der Waals surface area contributed by atoms with E-state index in [1.807, 2.05) is 6.07 Å². The number of aliphatic hydroxyl groups is 1. The van der Waals surface area contributed by atoms with Gasteiger partial charge in [0.05, 0.1) is 18.8 Å². The molecule has 1 heterocycles. The summed E-state index contributed by atoms with van der Waals surface area (Å²) in [5.74, 6) is 0.181. The van der Waals surface area contributed by atoms with E-state index in [4.69, 9.17) is 0 Å². The number of hydrogen-bond donors (Lipinski definition) is 1. The van der Waals surface area contributed by atoms with Crippen molar-refractivity contribution >= 4 is 0 Å². The zero-order valence-electron chi connectivity index (χ0n) is 11.2. The highest BCUT2D eigenvalue weighted by molar-refractivity contribution is 5.18. The van der Waals surface area contributed by atoms with Crippen LogP contribution in [0.15, 0.2) is 24.3 Å². The topological polar surface area (TPSA) is 50.9 Å². The summed E-state index contributed by atoms with van der Waals surface area (Å²) in [6.07, 6.45) is 0.790. The van der Waals surface area contributed by atoms with E-state index in [1.54, 1.807) is 10.7 Å². The molecule has 0 spiro atoms. The van der Waals surface area contributed by atoms with Gasteiger partial charge in [0.25, 0.3) is 0 Å². The molecule has 1 N–H and O–H groups in total. The predicted octanol–water partition coefficient (Wildman–Crippen LogP) is 2.16. The minimum absolute atomic E-state index is 0.120. The Kier molecular flexibility index (Phi) is 4.27. The highest BCUT2D eigenvalue weighted by Crippen LogP contribution is 2.14. The molecule has 0 aliphatic carbocycles. The number of hydrogen-bond acceptors (Lipinski definition) is 3. The Morgan fingerprint density at radius 2 is 2.16 bits per heavy atom. The smallest absolute Gasteiger partial charge is 0.123 e. The molecule has 2 rings (SSSR count). The Labute approximate surface area is 111 Å². The predicted molar refractivity (Wildman–Crippen MR) is 70.0 cm³/mol. The maximum atomic E-state index is 13.2. The van der Waals surface area contributed by atoms with E-state index in [2.05, 4.69) is 24.2 Å². The second-order valence-corrected chi connectivity index (χ2v) is 5.03. The monoisotopic (exact) mass is 263 g/mol. The molecule has 2 aromatic rings. The quantitative estimate of drug-likeness (QED) is 0.899. The van der Waals surface area contributed by atoms with E-state index in [9.17, 15) is 9.50 Å². The summed E-state index contributed by atoms with van der Waals surface area (Å²) in [7, 11) is 0. The molecule has 1 aromatic heterocycles. The number of aliphatic hydroxyl groups excluding tert-OH is 1. The summed E-state index contributed by atoms with van der Waals surface area (Å²) in [4.78, 5) is 0. The average molecular weight is 263 g/mol. The van der Waals surface area contributed by atoms with Crippen LogP contribution in [-0.4, -0.2) is 20.1 Å². The number of aromatic nitrogens is 3. The molecular formula is C14H18FN3O. The maximum absolute atomic E-state index is 13.2. The molecule has 0 aliphatic rings. The molecule has 0 saturated heterocycles. The SMILES string of the molecule is CC(C)Cc1c(CO)nnn1Cc1cccc(F)c1. The van der Waals surface area contributed by atoms with Gasteiger partial charge in [0.1, 0.15) is 11.5 Å². The van der Waals surface area contributed by atoms with Crippen LogP contribution in [0.2, 0.25) is 0 Å². The molecule has 0 amide bonds. The van der Waals surface area contributed by atoms with Crippen molar-refractivity contribution in [1.82, 2.24) is 15.0 Å². The molecule has 4 nitrogen and oxygen atoms in total. The zero-order chi connectivity index (χ0) is 13.8. The Morgan fingerprint density at radius 3 is 2.79 bits per heavy atom. The third kappa shape index (κ3) is 3.38. The Bertz CT molecular complexity index is 551. The van der Waals surface area contributed by atoms with Gasteiger partial charge in [0, 0.05) is 0 Å². The molecule has 19 heavy (non-hydrogen) atoms. The Hall–Kier alpha value is -1.75. The van der Waals surface area contributed by atoms with Crippen LogP contribution >= 0.6 is 0 Å². The molecule has 0 unspecified atom stereocenters. The summed E-state index contributed by atoms with van der Waals surface area (Å²) in [6, 6.07) is 6.43. The molecule has 1 aromatic carbocycles. The summed E-state index contributed by atoms with van der Waals surface area (Å²) in [5, 5.41) is 17.3. The molecular weight excluding hydrogens is 245 g/mol. The highest BCUT2D eigenvalue weighted by Gasteiger charge is 2.13. The fourth-order valence-electron chi connectivity index (χ4n) is 2.04. The van der Waals surface area contributed by atoms with Crippen molar-refractivity contribution < 1.29 is 9.50 Å². The molecule has 0 saturated carbocycles. The molecule has 0 aliphatic heterocycles. The minimum atomic E-state index is -0.259. The first-order chi connectivity index (χ1) is 9.10. The second kappa shape index (κ2) is 5.93. The fourth-order valence-corrected chi connectivity index (χ4v) is 2.04. The molecule has 5 heteroatoms. The third-order valence-corrected chi connectivity index (χ3v) is 2.89. The number of nitrogens with zero attached hydrogens (tertiary/aromatic N) is 3. The van der Waals surface area contributed by atoms with Gasteiger partial charge in [-0.25, -0.2) is 9.07 Å². The first kappa shape index (κ1) is 13.7. The van der Waals surface area contributed by atoms with Crippen LogP contribution in [0.5, 0.6) is 0 Å². The summed E-state index contributed by atoms with van der Waals surface area (Å²) >= 11 is 0. The summed E-state index contributed by atoms with van der Waals surface area (Å²) in [5.41, 5.74) is 2.35. The third-order valence-electron chi connectivity index (χ3n) is 2.89. The number of benzene rings is 1. The van der Waals surface area contributed by atoms with Gasteiger partial charge < -0.3 is 5.11 Å². The van der Waals surface area contributed by atoms with Crippen molar-refractivity contribution in [3.63, 3.8) is 0 Å². The van der Waals surface area contributed by atoms with Crippen LogP contribution in [-0.2, 0) is 19.6 Å². The van der Waals surface area contributed by atoms with Gasteiger partial charge in [-0.3, -0.25) is 0 Å². The van der Waals surface area contributed by atoms with Crippen molar-refractivity contribution in [3.05, 3.63) is 47.0 Å². The largest absolute Gasteiger partial charge is 0.390 e. The lowest BCUT2D eigenvalue weighted by Crippen LogP contribution is -2.10. The standard InChI is InChI=1S/C14H18FN3O/c1-10(2)6-14-13(9-19)16-17-18(14)8-11-4-3-5-12(15)7-11/h3-5,7,10,19H,6,8-9H2,1-2H3. The fraction of sp³-hybridized carbons (Fsp3) is 0.429. The van der Waals surface area contributed by atoms with Gasteiger partial charge in [-0.2, -0.15) is 0 Å². The van der Waals surface area contributed by atoms with Gasteiger partial charge in [0.2, 0.25) is 0 Å². The highest BCUT2D eigenvalue weighted by atomic mass is 19.1. The van der Waals surface area contributed by atoms with Gasteiger partial charge in [-0.05, 0) is 30.0 Å².